The standard InChI is InChI=1S/C51H35N2OP/c1-55(54)49-22-11-10-21-44(49)45-28-27-39(32-50(45)55)42-30-40-17-8-9-20-43(40)46(31-42)35-23-25-36(26-24-35)47-33-48(53-51(52-47)37-15-6-3-7-16-37)41-19-12-18-38(29-41)34-13-4-2-5-14-34/h2-33H,1H3. The number of aromatic nitrogens is 2. The maximum absolute atomic E-state index is 14.2. The van der Waals surface area contributed by atoms with Crippen LogP contribution in [-0.4, -0.2) is 16.6 Å². The minimum absolute atomic E-state index is 0.690. The smallest absolute Gasteiger partial charge is 0.160 e. The van der Waals surface area contributed by atoms with Crippen molar-refractivity contribution in [2.75, 3.05) is 6.66 Å². The molecule has 0 saturated carbocycles. The van der Waals surface area contributed by atoms with Crippen LogP contribution in [0.3, 0.4) is 0 Å². The fraction of sp³-hybridized carbons (Fsp3) is 0.0196. The first-order valence-corrected chi connectivity index (χ1v) is 20.7. The summed E-state index contributed by atoms with van der Waals surface area (Å²) in [6.45, 7) is 1.90. The SMILES string of the molecule is CP1(=O)c2ccccc2-c2ccc(-c3cc(-c4ccc(-c5cc(-c6cccc(-c7ccccc7)c6)nc(-c6ccccc6)n5)cc4)c4ccccc4c3)cc21. The van der Waals surface area contributed by atoms with Crippen LogP contribution in [0, 0.1) is 0 Å². The van der Waals surface area contributed by atoms with Gasteiger partial charge in [0.1, 0.15) is 7.14 Å². The zero-order valence-electron chi connectivity index (χ0n) is 30.2. The third-order valence-electron chi connectivity index (χ3n) is 10.8. The molecule has 1 aliphatic rings. The van der Waals surface area contributed by atoms with Crippen LogP contribution in [0.1, 0.15) is 0 Å². The third kappa shape index (κ3) is 5.91. The second-order valence-corrected chi connectivity index (χ2v) is 17.1. The van der Waals surface area contributed by atoms with Crippen LogP contribution in [0.5, 0.6) is 0 Å². The van der Waals surface area contributed by atoms with E-state index in [1.807, 2.05) is 49.1 Å². The summed E-state index contributed by atoms with van der Waals surface area (Å²) in [4.78, 5) is 10.2. The molecule has 0 spiro atoms. The predicted octanol–water partition coefficient (Wildman–Crippen LogP) is 12.6. The van der Waals surface area contributed by atoms with Gasteiger partial charge in [0.25, 0.3) is 0 Å². The Kier molecular flexibility index (Phi) is 7.98. The Morgan fingerprint density at radius 3 is 1.75 bits per heavy atom. The maximum atomic E-state index is 14.2. The Hall–Kier alpha value is -6.67. The van der Waals surface area contributed by atoms with E-state index < -0.39 is 7.14 Å². The second-order valence-electron chi connectivity index (χ2n) is 14.3. The van der Waals surface area contributed by atoms with Crippen molar-refractivity contribution in [1.29, 1.82) is 0 Å². The molecule has 0 bridgehead atoms. The monoisotopic (exact) mass is 722 g/mol. The Labute approximate surface area is 321 Å². The largest absolute Gasteiger partial charge is 0.314 e. The van der Waals surface area contributed by atoms with Crippen molar-refractivity contribution < 1.29 is 4.57 Å². The third-order valence-corrected chi connectivity index (χ3v) is 13.4. The Bertz CT molecular complexity index is 2960. The zero-order chi connectivity index (χ0) is 36.9. The molecule has 4 heteroatoms. The summed E-state index contributed by atoms with van der Waals surface area (Å²) >= 11 is 0. The lowest BCUT2D eigenvalue weighted by Gasteiger charge is -2.14. The minimum atomic E-state index is -2.70. The highest BCUT2D eigenvalue weighted by Gasteiger charge is 2.34. The average molecular weight is 723 g/mol. The van der Waals surface area contributed by atoms with Gasteiger partial charge in [-0.1, -0.05) is 164 Å². The summed E-state index contributed by atoms with van der Waals surface area (Å²) in [6.07, 6.45) is 0. The predicted molar refractivity (Wildman–Crippen MR) is 230 cm³/mol. The maximum Gasteiger partial charge on any atom is 0.160 e. The number of fused-ring (bicyclic) bond motifs is 4. The summed E-state index contributed by atoms with van der Waals surface area (Å²) in [6, 6.07) is 67.7. The van der Waals surface area contributed by atoms with Crippen molar-refractivity contribution in [3.8, 4) is 78.4 Å². The molecule has 0 saturated heterocycles. The van der Waals surface area contributed by atoms with Gasteiger partial charge in [0.05, 0.1) is 11.4 Å². The van der Waals surface area contributed by atoms with Crippen molar-refractivity contribution in [2.24, 2.45) is 0 Å². The van der Waals surface area contributed by atoms with Gasteiger partial charge in [0.2, 0.25) is 0 Å². The lowest BCUT2D eigenvalue weighted by molar-refractivity contribution is 0.591. The lowest BCUT2D eigenvalue weighted by Crippen LogP contribution is -2.08. The molecule has 0 aliphatic carbocycles. The summed E-state index contributed by atoms with van der Waals surface area (Å²) in [5.74, 6) is 0.690. The Morgan fingerprint density at radius 1 is 0.364 bits per heavy atom. The van der Waals surface area contributed by atoms with Crippen LogP contribution in [-0.2, 0) is 4.57 Å². The van der Waals surface area contributed by atoms with Crippen LogP contribution in [0.2, 0.25) is 0 Å². The molecule has 1 atom stereocenters. The van der Waals surface area contributed by atoms with Crippen LogP contribution in [0.15, 0.2) is 194 Å². The first kappa shape index (κ1) is 32.9. The Morgan fingerprint density at radius 2 is 0.945 bits per heavy atom. The van der Waals surface area contributed by atoms with Crippen molar-refractivity contribution in [2.45, 2.75) is 0 Å². The van der Waals surface area contributed by atoms with E-state index in [0.717, 1.165) is 83.0 Å². The normalized spacial score (nSPS) is 14.4. The number of nitrogens with zero attached hydrogens (tertiary/aromatic N) is 2. The molecule has 10 rings (SSSR count). The molecule has 1 unspecified atom stereocenters. The van der Waals surface area contributed by atoms with Gasteiger partial charge in [-0.2, -0.15) is 0 Å². The molecule has 0 N–H and O–H groups in total. The van der Waals surface area contributed by atoms with E-state index in [-0.39, 0.29) is 0 Å². The molecule has 8 aromatic carbocycles. The van der Waals surface area contributed by atoms with E-state index in [1.165, 1.54) is 10.9 Å². The molecule has 1 aliphatic heterocycles. The fourth-order valence-corrected chi connectivity index (χ4v) is 10.3. The van der Waals surface area contributed by atoms with Gasteiger partial charge in [-0.25, -0.2) is 9.97 Å². The highest BCUT2D eigenvalue weighted by atomic mass is 31.2. The summed E-state index contributed by atoms with van der Waals surface area (Å²) in [5, 5.41) is 4.24. The topological polar surface area (TPSA) is 42.9 Å². The molecular formula is C51H35N2OP. The van der Waals surface area contributed by atoms with Gasteiger partial charge >= 0.3 is 0 Å². The van der Waals surface area contributed by atoms with E-state index in [0.29, 0.717) is 5.82 Å². The van der Waals surface area contributed by atoms with E-state index in [1.54, 1.807) is 0 Å². The van der Waals surface area contributed by atoms with Gasteiger partial charge in [-0.15, -0.1) is 0 Å². The molecular weight excluding hydrogens is 688 g/mol. The highest BCUT2D eigenvalue weighted by Crippen LogP contribution is 2.50. The first-order valence-electron chi connectivity index (χ1n) is 18.6. The molecule has 0 amide bonds. The van der Waals surface area contributed by atoms with Gasteiger partial charge in [-0.3, -0.25) is 0 Å². The van der Waals surface area contributed by atoms with Gasteiger partial charge in [0.15, 0.2) is 5.82 Å². The Balaban J connectivity index is 1.05. The van der Waals surface area contributed by atoms with E-state index in [2.05, 4.69) is 152 Å². The number of benzene rings is 8. The van der Waals surface area contributed by atoms with Crippen molar-refractivity contribution >= 4 is 28.5 Å². The van der Waals surface area contributed by atoms with Gasteiger partial charge < -0.3 is 4.57 Å². The van der Waals surface area contributed by atoms with Crippen molar-refractivity contribution in [1.82, 2.24) is 9.97 Å². The van der Waals surface area contributed by atoms with E-state index in [9.17, 15) is 4.57 Å². The van der Waals surface area contributed by atoms with E-state index >= 15 is 0 Å². The summed E-state index contributed by atoms with van der Waals surface area (Å²) < 4.78 is 14.2. The summed E-state index contributed by atoms with van der Waals surface area (Å²) in [7, 11) is -2.70. The number of hydrogen-bond acceptors (Lipinski definition) is 3. The van der Waals surface area contributed by atoms with Gasteiger partial charge in [-0.05, 0) is 92.3 Å². The minimum Gasteiger partial charge on any atom is -0.314 e. The first-order chi connectivity index (χ1) is 27.0. The van der Waals surface area contributed by atoms with Crippen molar-refractivity contribution in [3.05, 3.63) is 194 Å². The molecule has 260 valence electrons. The number of hydrogen-bond donors (Lipinski definition) is 0. The van der Waals surface area contributed by atoms with E-state index in [4.69, 9.17) is 9.97 Å². The fourth-order valence-electron chi connectivity index (χ4n) is 7.98. The molecule has 9 aromatic rings. The zero-order valence-corrected chi connectivity index (χ0v) is 31.1. The molecule has 2 heterocycles. The van der Waals surface area contributed by atoms with Crippen LogP contribution in [0.4, 0.5) is 0 Å². The van der Waals surface area contributed by atoms with Crippen LogP contribution in [0.25, 0.3) is 89.2 Å². The van der Waals surface area contributed by atoms with Crippen molar-refractivity contribution in [3.63, 3.8) is 0 Å². The average Bonchev–Trinajstić information content (AvgIpc) is 3.49. The molecule has 0 fully saturated rings. The van der Waals surface area contributed by atoms with Crippen LogP contribution >= 0.6 is 7.14 Å². The van der Waals surface area contributed by atoms with Crippen LogP contribution < -0.4 is 10.6 Å². The molecule has 0 radical (unpaired) electrons. The number of rotatable bonds is 6. The molecule has 55 heavy (non-hydrogen) atoms. The quantitative estimate of drug-likeness (QED) is 0.161. The summed E-state index contributed by atoms with van der Waals surface area (Å²) in [5.41, 5.74) is 13.7. The lowest BCUT2D eigenvalue weighted by atomic mass is 9.92. The molecule has 3 nitrogen and oxygen atoms in total. The highest BCUT2D eigenvalue weighted by molar-refractivity contribution is 7.79. The van der Waals surface area contributed by atoms with Gasteiger partial charge in [0, 0.05) is 27.3 Å². The second kappa shape index (κ2) is 13.3. The molecule has 1 aromatic heterocycles.